The Morgan fingerprint density at radius 2 is 1.87 bits per heavy atom. The highest BCUT2D eigenvalue weighted by Crippen LogP contribution is 2.33. The summed E-state index contributed by atoms with van der Waals surface area (Å²) in [5, 5.41) is 4.07. The summed E-state index contributed by atoms with van der Waals surface area (Å²) in [6.45, 7) is 0. The summed E-state index contributed by atoms with van der Waals surface area (Å²) in [5.41, 5.74) is -0.338. The van der Waals surface area contributed by atoms with Crippen molar-refractivity contribution in [1.29, 1.82) is 0 Å². The second-order valence-electron chi connectivity index (χ2n) is 4.49. The Hall–Kier alpha value is -2.12. The molecule has 4 nitrogen and oxygen atoms in total. The summed E-state index contributed by atoms with van der Waals surface area (Å²) in [7, 11) is 0. The Morgan fingerprint density at radius 3 is 2.61 bits per heavy atom. The predicted molar refractivity (Wildman–Crippen MR) is 78.0 cm³/mol. The summed E-state index contributed by atoms with van der Waals surface area (Å²) in [4.78, 5) is 7.89. The van der Waals surface area contributed by atoms with Crippen LogP contribution in [0, 0.1) is 0 Å². The summed E-state index contributed by atoms with van der Waals surface area (Å²) in [6, 6.07) is 6.08. The molecule has 3 rings (SSSR count). The maximum Gasteiger partial charge on any atom is 0.416 e. The number of alkyl halides is 3. The highest BCUT2D eigenvalue weighted by molar-refractivity contribution is 6.34. The molecule has 2 heterocycles. The molecule has 0 aliphatic carbocycles. The molecule has 0 radical (unpaired) electrons. The van der Waals surface area contributed by atoms with Crippen molar-refractivity contribution in [3.63, 3.8) is 0 Å². The summed E-state index contributed by atoms with van der Waals surface area (Å²) >= 11 is 11.8. The second kappa shape index (κ2) is 5.82. The summed E-state index contributed by atoms with van der Waals surface area (Å²) < 4.78 is 43.3. The smallest absolute Gasteiger partial charge is 0.333 e. The van der Waals surface area contributed by atoms with Gasteiger partial charge in [-0.05, 0) is 18.2 Å². The van der Waals surface area contributed by atoms with Gasteiger partial charge in [0.15, 0.2) is 0 Å². The van der Waals surface area contributed by atoms with Crippen LogP contribution >= 0.6 is 23.2 Å². The molecule has 118 valence electrons. The van der Waals surface area contributed by atoms with Gasteiger partial charge in [0.2, 0.25) is 5.82 Å². The molecular weight excluding hydrogens is 354 g/mol. The molecule has 2 aromatic heterocycles. The lowest BCUT2D eigenvalue weighted by Crippen LogP contribution is -2.04. The molecule has 0 aliphatic heterocycles. The van der Waals surface area contributed by atoms with Gasteiger partial charge in [0, 0.05) is 11.8 Å². The SMILES string of the molecule is FC(F)(F)c1cccc(-c2noc(-c3cc(Cl)cnc3Cl)n2)c1. The highest BCUT2D eigenvalue weighted by Gasteiger charge is 2.30. The van der Waals surface area contributed by atoms with Crippen molar-refractivity contribution in [1.82, 2.24) is 15.1 Å². The van der Waals surface area contributed by atoms with E-state index >= 15 is 0 Å². The average molecular weight is 360 g/mol. The molecule has 0 unspecified atom stereocenters. The van der Waals surface area contributed by atoms with Crippen LogP contribution < -0.4 is 0 Å². The van der Waals surface area contributed by atoms with Crippen molar-refractivity contribution in [2.45, 2.75) is 6.18 Å². The van der Waals surface area contributed by atoms with Gasteiger partial charge in [-0.25, -0.2) is 4.98 Å². The predicted octanol–water partition coefficient (Wildman–Crippen LogP) is 5.12. The van der Waals surface area contributed by atoms with Crippen molar-refractivity contribution in [3.05, 3.63) is 52.3 Å². The zero-order chi connectivity index (χ0) is 16.6. The number of halogens is 5. The van der Waals surface area contributed by atoms with Crippen molar-refractivity contribution < 1.29 is 17.7 Å². The van der Waals surface area contributed by atoms with Gasteiger partial charge in [0.25, 0.3) is 5.89 Å². The Balaban J connectivity index is 2.01. The number of rotatable bonds is 2. The third kappa shape index (κ3) is 3.30. The number of aromatic nitrogens is 3. The summed E-state index contributed by atoms with van der Waals surface area (Å²) in [5.74, 6) is 0.0135. The lowest BCUT2D eigenvalue weighted by molar-refractivity contribution is -0.137. The maximum atomic E-state index is 12.7. The van der Waals surface area contributed by atoms with E-state index in [1.165, 1.54) is 24.4 Å². The molecule has 0 spiro atoms. The van der Waals surface area contributed by atoms with E-state index < -0.39 is 11.7 Å². The van der Waals surface area contributed by atoms with Gasteiger partial charge in [-0.15, -0.1) is 0 Å². The summed E-state index contributed by atoms with van der Waals surface area (Å²) in [6.07, 6.45) is -3.11. The van der Waals surface area contributed by atoms with Crippen LogP contribution in [0.2, 0.25) is 10.2 Å². The minimum absolute atomic E-state index is 0.00198. The van der Waals surface area contributed by atoms with Gasteiger partial charge in [0.05, 0.1) is 16.1 Å². The molecule has 0 aliphatic rings. The van der Waals surface area contributed by atoms with E-state index in [4.69, 9.17) is 27.7 Å². The Bertz CT molecular complexity index is 864. The van der Waals surface area contributed by atoms with Gasteiger partial charge >= 0.3 is 6.18 Å². The Labute approximate surface area is 137 Å². The van der Waals surface area contributed by atoms with E-state index in [0.717, 1.165) is 12.1 Å². The molecule has 0 bridgehead atoms. The van der Waals surface area contributed by atoms with E-state index in [-0.39, 0.29) is 22.4 Å². The van der Waals surface area contributed by atoms with Gasteiger partial charge < -0.3 is 4.52 Å². The molecule has 0 atom stereocenters. The Morgan fingerprint density at radius 1 is 1.09 bits per heavy atom. The number of benzene rings is 1. The quantitative estimate of drug-likeness (QED) is 0.595. The topological polar surface area (TPSA) is 51.8 Å². The van der Waals surface area contributed by atoms with Crippen LogP contribution in [0.1, 0.15) is 5.56 Å². The first-order valence-electron chi connectivity index (χ1n) is 6.17. The van der Waals surface area contributed by atoms with E-state index in [2.05, 4.69) is 15.1 Å². The number of hydrogen-bond donors (Lipinski definition) is 0. The maximum absolute atomic E-state index is 12.7. The van der Waals surface area contributed by atoms with Crippen molar-refractivity contribution >= 4 is 23.2 Å². The lowest BCUT2D eigenvalue weighted by Gasteiger charge is -2.06. The van der Waals surface area contributed by atoms with Crippen LogP contribution in [0.5, 0.6) is 0 Å². The first-order chi connectivity index (χ1) is 10.8. The highest BCUT2D eigenvalue weighted by atomic mass is 35.5. The average Bonchev–Trinajstić information content (AvgIpc) is 2.99. The fourth-order valence-electron chi connectivity index (χ4n) is 1.86. The largest absolute Gasteiger partial charge is 0.416 e. The second-order valence-corrected chi connectivity index (χ2v) is 5.29. The molecule has 3 aromatic rings. The van der Waals surface area contributed by atoms with Crippen LogP contribution in [0.4, 0.5) is 13.2 Å². The van der Waals surface area contributed by atoms with Crippen molar-refractivity contribution in [3.8, 4) is 22.8 Å². The van der Waals surface area contributed by atoms with Crippen LogP contribution in [0.25, 0.3) is 22.8 Å². The van der Waals surface area contributed by atoms with E-state index in [9.17, 15) is 13.2 Å². The standard InChI is InChI=1S/C14H6Cl2F3N3O/c15-9-5-10(11(16)20-6-9)13-21-12(22-23-13)7-2-1-3-8(4-7)14(17,18)19/h1-6H. The van der Waals surface area contributed by atoms with E-state index in [1.807, 2.05) is 0 Å². The zero-order valence-electron chi connectivity index (χ0n) is 11.1. The first-order valence-corrected chi connectivity index (χ1v) is 6.93. The molecule has 1 aromatic carbocycles. The molecule has 0 N–H and O–H groups in total. The number of nitrogens with zero attached hydrogens (tertiary/aromatic N) is 3. The number of hydrogen-bond acceptors (Lipinski definition) is 4. The minimum Gasteiger partial charge on any atom is -0.333 e. The molecular formula is C14H6Cl2F3N3O. The molecule has 0 saturated carbocycles. The van der Waals surface area contributed by atoms with Gasteiger partial charge in [0.1, 0.15) is 5.15 Å². The van der Waals surface area contributed by atoms with Crippen LogP contribution in [0.3, 0.4) is 0 Å². The fraction of sp³-hybridized carbons (Fsp3) is 0.0714. The zero-order valence-corrected chi connectivity index (χ0v) is 12.6. The lowest BCUT2D eigenvalue weighted by atomic mass is 10.1. The number of pyridine rings is 1. The molecule has 23 heavy (non-hydrogen) atoms. The Kier molecular flexibility index (Phi) is 3.99. The van der Waals surface area contributed by atoms with Gasteiger partial charge in [-0.3, -0.25) is 0 Å². The molecule has 0 fully saturated rings. The fourth-order valence-corrected chi connectivity index (χ4v) is 2.20. The molecule has 0 saturated heterocycles. The van der Waals surface area contributed by atoms with Gasteiger partial charge in [-0.2, -0.15) is 18.2 Å². The van der Waals surface area contributed by atoms with E-state index in [1.54, 1.807) is 0 Å². The van der Waals surface area contributed by atoms with Crippen LogP contribution in [0.15, 0.2) is 41.1 Å². The molecule has 0 amide bonds. The molecule has 9 heteroatoms. The third-order valence-corrected chi connectivity index (χ3v) is 3.42. The van der Waals surface area contributed by atoms with E-state index in [0.29, 0.717) is 10.6 Å². The van der Waals surface area contributed by atoms with Crippen molar-refractivity contribution in [2.75, 3.05) is 0 Å². The van der Waals surface area contributed by atoms with Crippen LogP contribution in [-0.4, -0.2) is 15.1 Å². The third-order valence-electron chi connectivity index (χ3n) is 2.91. The monoisotopic (exact) mass is 359 g/mol. The van der Waals surface area contributed by atoms with Crippen LogP contribution in [-0.2, 0) is 6.18 Å². The van der Waals surface area contributed by atoms with Crippen molar-refractivity contribution in [2.24, 2.45) is 0 Å². The first kappa shape index (κ1) is 15.8. The normalized spacial score (nSPS) is 11.7. The minimum atomic E-state index is -4.46. The van der Waals surface area contributed by atoms with Gasteiger partial charge in [-0.1, -0.05) is 40.5 Å².